The van der Waals surface area contributed by atoms with E-state index in [-0.39, 0.29) is 18.4 Å². The number of likely N-dealkylation sites (N-methyl/N-ethyl adjacent to an activating group) is 1. The van der Waals surface area contributed by atoms with Crippen molar-refractivity contribution in [2.24, 2.45) is 0 Å². The van der Waals surface area contributed by atoms with Crippen molar-refractivity contribution in [1.82, 2.24) is 10.2 Å². The maximum Gasteiger partial charge on any atom is 0.261 e. The summed E-state index contributed by atoms with van der Waals surface area (Å²) >= 11 is 12.9. The van der Waals surface area contributed by atoms with E-state index in [1.54, 1.807) is 25.1 Å². The molecule has 0 heterocycles. The van der Waals surface area contributed by atoms with Crippen molar-refractivity contribution in [3.8, 4) is 5.75 Å². The Morgan fingerprint density at radius 3 is 2.39 bits per heavy atom. The fourth-order valence-electron chi connectivity index (χ4n) is 2.51. The molecular weight excluding hydrogens is 511 g/mol. The van der Waals surface area contributed by atoms with Gasteiger partial charge in [-0.1, -0.05) is 55.6 Å². The van der Waals surface area contributed by atoms with E-state index in [4.69, 9.17) is 16.3 Å². The van der Waals surface area contributed by atoms with Crippen molar-refractivity contribution in [2.45, 2.75) is 26.4 Å². The lowest BCUT2D eigenvalue weighted by Crippen LogP contribution is -2.49. The third-order valence-corrected chi connectivity index (χ3v) is 5.35. The van der Waals surface area contributed by atoms with Gasteiger partial charge in [-0.15, -0.1) is 0 Å². The van der Waals surface area contributed by atoms with Crippen LogP contribution in [0, 0.1) is 0 Å². The molecule has 1 atom stereocenters. The molecular formula is C20H21Br2ClN2O3. The Bertz CT molecular complexity index is 831. The van der Waals surface area contributed by atoms with Crippen LogP contribution in [0.3, 0.4) is 0 Å². The fraction of sp³-hybridized carbons (Fsp3) is 0.300. The molecule has 2 amide bonds. The Kier molecular flexibility index (Phi) is 8.79. The maximum atomic E-state index is 12.9. The molecule has 8 heteroatoms. The first-order valence-corrected chi connectivity index (χ1v) is 10.7. The molecule has 0 saturated heterocycles. The zero-order valence-electron chi connectivity index (χ0n) is 15.5. The van der Waals surface area contributed by atoms with Gasteiger partial charge in [0.2, 0.25) is 5.91 Å². The Morgan fingerprint density at radius 1 is 1.14 bits per heavy atom. The quantitative estimate of drug-likeness (QED) is 0.532. The molecule has 0 radical (unpaired) electrons. The zero-order chi connectivity index (χ0) is 20.7. The van der Waals surface area contributed by atoms with E-state index >= 15 is 0 Å². The number of rotatable bonds is 8. The van der Waals surface area contributed by atoms with Gasteiger partial charge in [-0.05, 0) is 49.7 Å². The monoisotopic (exact) mass is 530 g/mol. The second kappa shape index (κ2) is 10.8. The highest BCUT2D eigenvalue weighted by Crippen LogP contribution is 2.27. The number of benzene rings is 2. The van der Waals surface area contributed by atoms with E-state index < -0.39 is 6.04 Å². The fourth-order valence-corrected chi connectivity index (χ4v) is 3.50. The standard InChI is InChI=1S/C20H21Br2ClN2O3/c1-3-24-20(27)13(2)25(11-14-4-6-15(21)7-5-14)19(26)12-28-18-9-8-16(22)10-17(18)23/h4-10,13H,3,11-12H2,1-2H3,(H,24,27). The number of ether oxygens (including phenoxy) is 1. The number of nitrogens with zero attached hydrogens (tertiary/aromatic N) is 1. The highest BCUT2D eigenvalue weighted by molar-refractivity contribution is 9.10. The number of carbonyl (C=O) groups excluding carboxylic acids is 2. The molecule has 5 nitrogen and oxygen atoms in total. The maximum absolute atomic E-state index is 12.9. The Hall–Kier alpha value is -1.57. The second-order valence-electron chi connectivity index (χ2n) is 6.08. The van der Waals surface area contributed by atoms with E-state index in [2.05, 4.69) is 37.2 Å². The van der Waals surface area contributed by atoms with Gasteiger partial charge in [-0.3, -0.25) is 9.59 Å². The van der Waals surface area contributed by atoms with Gasteiger partial charge < -0.3 is 15.0 Å². The highest BCUT2D eigenvalue weighted by Gasteiger charge is 2.26. The van der Waals surface area contributed by atoms with Crippen LogP contribution in [0.5, 0.6) is 5.75 Å². The summed E-state index contributed by atoms with van der Waals surface area (Å²) in [5.74, 6) is -0.109. The minimum atomic E-state index is -0.639. The van der Waals surface area contributed by atoms with E-state index in [0.29, 0.717) is 23.9 Å². The van der Waals surface area contributed by atoms with Gasteiger partial charge >= 0.3 is 0 Å². The molecule has 28 heavy (non-hydrogen) atoms. The summed E-state index contributed by atoms with van der Waals surface area (Å²) < 4.78 is 7.36. The van der Waals surface area contributed by atoms with Crippen molar-refractivity contribution in [3.05, 3.63) is 62.0 Å². The van der Waals surface area contributed by atoms with Crippen molar-refractivity contribution in [3.63, 3.8) is 0 Å². The predicted octanol–water partition coefficient (Wildman–Crippen LogP) is 4.80. The molecule has 2 aromatic carbocycles. The average Bonchev–Trinajstić information content (AvgIpc) is 2.66. The number of hydrogen-bond acceptors (Lipinski definition) is 3. The van der Waals surface area contributed by atoms with Crippen LogP contribution >= 0.6 is 43.5 Å². The van der Waals surface area contributed by atoms with E-state index in [1.807, 2.05) is 31.2 Å². The SMILES string of the molecule is CCNC(=O)C(C)N(Cc1ccc(Br)cc1)C(=O)COc1ccc(Br)cc1Cl. The van der Waals surface area contributed by atoms with Crippen molar-refractivity contribution >= 4 is 55.3 Å². The van der Waals surface area contributed by atoms with E-state index in [9.17, 15) is 9.59 Å². The lowest BCUT2D eigenvalue weighted by atomic mass is 10.1. The van der Waals surface area contributed by atoms with Gasteiger partial charge in [-0.2, -0.15) is 0 Å². The Morgan fingerprint density at radius 2 is 1.79 bits per heavy atom. The molecule has 0 aromatic heterocycles. The average molecular weight is 533 g/mol. The lowest BCUT2D eigenvalue weighted by molar-refractivity contribution is -0.142. The summed E-state index contributed by atoms with van der Waals surface area (Å²) in [6, 6.07) is 12.1. The first kappa shape index (κ1) is 22.7. The van der Waals surface area contributed by atoms with Gasteiger partial charge in [0.05, 0.1) is 5.02 Å². The van der Waals surface area contributed by atoms with Crippen LogP contribution in [-0.4, -0.2) is 35.9 Å². The van der Waals surface area contributed by atoms with Crippen molar-refractivity contribution in [2.75, 3.05) is 13.2 Å². The second-order valence-corrected chi connectivity index (χ2v) is 8.32. The van der Waals surface area contributed by atoms with E-state index in [1.165, 1.54) is 4.90 Å². The number of carbonyl (C=O) groups is 2. The van der Waals surface area contributed by atoms with Crippen LogP contribution in [0.1, 0.15) is 19.4 Å². The zero-order valence-corrected chi connectivity index (χ0v) is 19.5. The largest absolute Gasteiger partial charge is 0.482 e. The summed E-state index contributed by atoms with van der Waals surface area (Å²) in [4.78, 5) is 26.7. The van der Waals surface area contributed by atoms with Crippen LogP contribution in [0.4, 0.5) is 0 Å². The van der Waals surface area contributed by atoms with Gasteiger partial charge in [0.1, 0.15) is 11.8 Å². The first-order chi connectivity index (χ1) is 13.3. The predicted molar refractivity (Wildman–Crippen MR) is 117 cm³/mol. The molecule has 1 unspecified atom stereocenters. The third kappa shape index (κ3) is 6.50. The smallest absolute Gasteiger partial charge is 0.261 e. The van der Waals surface area contributed by atoms with Gasteiger partial charge in [-0.25, -0.2) is 0 Å². The number of nitrogens with one attached hydrogen (secondary N) is 1. The molecule has 0 spiro atoms. The van der Waals surface area contributed by atoms with Gasteiger partial charge in [0.25, 0.3) is 5.91 Å². The number of halogens is 3. The molecule has 0 bridgehead atoms. The van der Waals surface area contributed by atoms with Crippen LogP contribution < -0.4 is 10.1 Å². The molecule has 2 rings (SSSR count). The molecule has 0 aliphatic carbocycles. The van der Waals surface area contributed by atoms with Crippen LogP contribution in [0.2, 0.25) is 5.02 Å². The molecule has 0 fully saturated rings. The normalized spacial score (nSPS) is 11.6. The van der Waals surface area contributed by atoms with Crippen molar-refractivity contribution < 1.29 is 14.3 Å². The van der Waals surface area contributed by atoms with E-state index in [0.717, 1.165) is 14.5 Å². The molecule has 0 saturated carbocycles. The summed E-state index contributed by atoms with van der Waals surface area (Å²) in [7, 11) is 0. The summed E-state index contributed by atoms with van der Waals surface area (Å²) in [6.07, 6.45) is 0. The molecule has 0 aliphatic rings. The topological polar surface area (TPSA) is 58.6 Å². The lowest BCUT2D eigenvalue weighted by Gasteiger charge is -2.28. The summed E-state index contributed by atoms with van der Waals surface area (Å²) in [6.45, 7) is 4.11. The summed E-state index contributed by atoms with van der Waals surface area (Å²) in [5.41, 5.74) is 0.911. The van der Waals surface area contributed by atoms with Crippen LogP contribution in [0.25, 0.3) is 0 Å². The third-order valence-electron chi connectivity index (χ3n) is 4.03. The molecule has 150 valence electrons. The molecule has 2 aromatic rings. The minimum absolute atomic E-state index is 0.213. The van der Waals surface area contributed by atoms with Gasteiger partial charge in [0, 0.05) is 22.0 Å². The van der Waals surface area contributed by atoms with Crippen molar-refractivity contribution in [1.29, 1.82) is 0 Å². The highest BCUT2D eigenvalue weighted by atomic mass is 79.9. The first-order valence-electron chi connectivity index (χ1n) is 8.71. The molecule has 1 N–H and O–H groups in total. The Labute approximate surface area is 186 Å². The molecule has 0 aliphatic heterocycles. The minimum Gasteiger partial charge on any atom is -0.482 e. The number of amides is 2. The summed E-state index contributed by atoms with van der Waals surface area (Å²) in [5, 5.41) is 3.16. The van der Waals surface area contributed by atoms with Crippen LogP contribution in [-0.2, 0) is 16.1 Å². The van der Waals surface area contributed by atoms with Gasteiger partial charge in [0.15, 0.2) is 6.61 Å². The Balaban J connectivity index is 2.15. The van der Waals surface area contributed by atoms with Crippen LogP contribution in [0.15, 0.2) is 51.4 Å². The number of hydrogen-bond donors (Lipinski definition) is 1.